The number of nitrogens with one attached hydrogen (secondary N) is 3. The number of anilines is 3. The number of hydrogen-bond acceptors (Lipinski definition) is 9. The third-order valence-electron chi connectivity index (χ3n) is 10.5. The van der Waals surface area contributed by atoms with E-state index in [1.165, 1.54) is 0 Å². The molecule has 2 aliphatic rings. The first kappa shape index (κ1) is 41.2. The maximum Gasteiger partial charge on any atom is 0.415 e. The van der Waals surface area contributed by atoms with Crippen molar-refractivity contribution in [3.8, 4) is 5.75 Å². The van der Waals surface area contributed by atoms with Gasteiger partial charge in [0.1, 0.15) is 17.0 Å². The van der Waals surface area contributed by atoms with Crippen molar-refractivity contribution in [3.63, 3.8) is 0 Å². The number of hydrogen-bond donors (Lipinski definition) is 4. The van der Waals surface area contributed by atoms with Gasteiger partial charge in [0, 0.05) is 90.2 Å². The standard InChI is InChI=1S/C44H48ClN7O7/c1-44(2,3)59-38(53)16-14-33(46)41(55)47-29-11-9-26(10-12-29)40(54)48-30-13-15-34-27(21-30)22-35(49-34)42(56)52-25-28(24-45)39-32-8-6-5-7-31(32)37(23-36(39)52)58-43(57)51-19-17-50(4)18-20-51/h5-13,15,21-23,28,33,49H,14,16-20,24-25,46H2,1-4H3,(H,47,55)(H,48,54)/t28-,33+/m1/s1. The molecule has 5 N–H and O–H groups in total. The lowest BCUT2D eigenvalue weighted by atomic mass is 9.95. The number of halogens is 1. The third kappa shape index (κ3) is 9.35. The molecular weight excluding hydrogens is 774 g/mol. The lowest BCUT2D eigenvalue weighted by Gasteiger charge is -2.31. The molecule has 0 unspecified atom stereocenters. The van der Waals surface area contributed by atoms with Crippen LogP contribution in [0.15, 0.2) is 78.9 Å². The Bertz CT molecular complexity index is 2420. The van der Waals surface area contributed by atoms with Crippen LogP contribution in [0.4, 0.5) is 21.9 Å². The number of ether oxygens (including phenoxy) is 2. The minimum atomic E-state index is -0.921. The van der Waals surface area contributed by atoms with Crippen LogP contribution in [0.25, 0.3) is 21.7 Å². The number of amides is 4. The van der Waals surface area contributed by atoms with E-state index in [1.54, 1.807) is 85.2 Å². The molecule has 0 spiro atoms. The fraction of sp³-hybridized carbons (Fsp3) is 0.341. The maximum absolute atomic E-state index is 14.3. The predicted molar refractivity (Wildman–Crippen MR) is 229 cm³/mol. The number of nitrogens with two attached hydrogens (primary N) is 1. The number of aromatic nitrogens is 1. The van der Waals surface area contributed by atoms with E-state index < -0.39 is 29.6 Å². The highest BCUT2D eigenvalue weighted by Crippen LogP contribution is 2.46. The van der Waals surface area contributed by atoms with Crippen molar-refractivity contribution in [2.75, 3.05) is 61.2 Å². The zero-order valence-electron chi connectivity index (χ0n) is 33.5. The highest BCUT2D eigenvalue weighted by atomic mass is 35.5. The van der Waals surface area contributed by atoms with Gasteiger partial charge in [0.05, 0.1) is 11.7 Å². The van der Waals surface area contributed by atoms with Crippen molar-refractivity contribution in [2.45, 2.75) is 51.2 Å². The molecule has 14 nitrogen and oxygen atoms in total. The lowest BCUT2D eigenvalue weighted by Crippen LogP contribution is -2.48. The van der Waals surface area contributed by atoms with E-state index >= 15 is 0 Å². The minimum absolute atomic E-state index is 0.00909. The number of esters is 1. The Balaban J connectivity index is 1.03. The fourth-order valence-electron chi connectivity index (χ4n) is 7.37. The first-order chi connectivity index (χ1) is 28.2. The van der Waals surface area contributed by atoms with Gasteiger partial charge in [0.2, 0.25) is 5.91 Å². The molecule has 59 heavy (non-hydrogen) atoms. The molecule has 0 aliphatic carbocycles. The van der Waals surface area contributed by atoms with Crippen LogP contribution in [0.3, 0.4) is 0 Å². The van der Waals surface area contributed by atoms with Crippen LogP contribution in [0.1, 0.15) is 65.9 Å². The van der Waals surface area contributed by atoms with Crippen LogP contribution < -0.4 is 26.0 Å². The first-order valence-electron chi connectivity index (χ1n) is 19.6. The van der Waals surface area contributed by atoms with Crippen LogP contribution in [-0.2, 0) is 14.3 Å². The number of fused-ring (bicyclic) bond motifs is 4. The zero-order valence-corrected chi connectivity index (χ0v) is 34.2. The van der Waals surface area contributed by atoms with E-state index in [2.05, 4.69) is 20.5 Å². The van der Waals surface area contributed by atoms with Gasteiger partial charge in [-0.2, -0.15) is 0 Å². The quantitative estimate of drug-likeness (QED) is 0.0883. The monoisotopic (exact) mass is 821 g/mol. The van der Waals surface area contributed by atoms with Crippen molar-refractivity contribution in [1.29, 1.82) is 0 Å². The molecule has 0 bridgehead atoms. The average Bonchev–Trinajstić information content (AvgIpc) is 3.81. The highest BCUT2D eigenvalue weighted by Gasteiger charge is 2.36. The van der Waals surface area contributed by atoms with Crippen LogP contribution in [0, 0.1) is 0 Å². The summed E-state index contributed by atoms with van der Waals surface area (Å²) in [6, 6.07) is 21.9. The first-order valence-corrected chi connectivity index (χ1v) is 20.1. The fourth-order valence-corrected chi connectivity index (χ4v) is 7.63. The van der Waals surface area contributed by atoms with E-state index in [9.17, 15) is 24.0 Å². The maximum atomic E-state index is 14.3. The molecule has 1 aromatic heterocycles. The summed E-state index contributed by atoms with van der Waals surface area (Å²) in [5.74, 6) is -1.02. The SMILES string of the molecule is CN1CCN(C(=O)Oc2cc3c(c4ccccc24)[C@H](CCl)CN3C(=O)c2cc3cc(NC(=O)c4ccc(NC(=O)[C@@H](N)CCC(=O)OC(C)(C)C)cc4)ccc3[nH]2)CC1. The van der Waals surface area contributed by atoms with Gasteiger partial charge in [-0.15, -0.1) is 11.6 Å². The Morgan fingerprint density at radius 3 is 2.29 bits per heavy atom. The zero-order chi connectivity index (χ0) is 42.0. The van der Waals surface area contributed by atoms with Crippen molar-refractivity contribution in [1.82, 2.24) is 14.8 Å². The molecule has 7 rings (SSSR count). The predicted octanol–water partition coefficient (Wildman–Crippen LogP) is 6.69. The number of H-pyrrole nitrogens is 1. The molecule has 3 heterocycles. The average molecular weight is 822 g/mol. The van der Waals surface area contributed by atoms with Crippen LogP contribution >= 0.6 is 11.6 Å². The summed E-state index contributed by atoms with van der Waals surface area (Å²) in [5.41, 5.74) is 9.29. The minimum Gasteiger partial charge on any atom is -0.460 e. The van der Waals surface area contributed by atoms with Crippen molar-refractivity contribution < 1.29 is 33.4 Å². The lowest BCUT2D eigenvalue weighted by molar-refractivity contribution is -0.155. The molecule has 5 aromatic rings. The summed E-state index contributed by atoms with van der Waals surface area (Å²) in [5, 5.41) is 7.96. The molecule has 4 aromatic carbocycles. The second-order valence-electron chi connectivity index (χ2n) is 16.0. The van der Waals surface area contributed by atoms with Gasteiger partial charge in [-0.25, -0.2) is 4.79 Å². The summed E-state index contributed by atoms with van der Waals surface area (Å²) in [4.78, 5) is 74.2. The molecule has 1 saturated heterocycles. The highest BCUT2D eigenvalue weighted by molar-refractivity contribution is 6.19. The number of aromatic amines is 1. The van der Waals surface area contributed by atoms with Gasteiger partial charge in [-0.1, -0.05) is 24.3 Å². The van der Waals surface area contributed by atoms with Gasteiger partial charge >= 0.3 is 12.1 Å². The van der Waals surface area contributed by atoms with Gasteiger partial charge in [0.25, 0.3) is 11.8 Å². The molecular formula is C44H48ClN7O7. The topological polar surface area (TPSA) is 179 Å². The van der Waals surface area contributed by atoms with E-state index in [4.69, 9.17) is 26.8 Å². The number of alkyl halides is 1. The summed E-state index contributed by atoms with van der Waals surface area (Å²) >= 11 is 6.52. The third-order valence-corrected chi connectivity index (χ3v) is 10.8. The van der Waals surface area contributed by atoms with Crippen molar-refractivity contribution in [3.05, 3.63) is 95.7 Å². The second kappa shape index (κ2) is 17.1. The number of piperazine rings is 1. The second-order valence-corrected chi connectivity index (χ2v) is 16.3. The van der Waals surface area contributed by atoms with Crippen LogP contribution in [0.5, 0.6) is 5.75 Å². The molecule has 0 saturated carbocycles. The van der Waals surface area contributed by atoms with Crippen molar-refractivity contribution in [2.24, 2.45) is 5.73 Å². The smallest absolute Gasteiger partial charge is 0.415 e. The van der Waals surface area contributed by atoms with E-state index in [-0.39, 0.29) is 30.6 Å². The van der Waals surface area contributed by atoms with Crippen molar-refractivity contribution >= 4 is 80.1 Å². The van der Waals surface area contributed by atoms with E-state index in [1.807, 2.05) is 31.3 Å². The molecule has 15 heteroatoms. The molecule has 0 radical (unpaired) electrons. The van der Waals surface area contributed by atoms with E-state index in [0.717, 1.165) is 29.4 Å². The number of likely N-dealkylation sites (N-methyl/N-ethyl adjacent to an activating group) is 1. The molecule has 308 valence electrons. The summed E-state index contributed by atoms with van der Waals surface area (Å²) < 4.78 is 11.3. The van der Waals surface area contributed by atoms with Gasteiger partial charge in [0.15, 0.2) is 0 Å². The Kier molecular flexibility index (Phi) is 11.9. The molecule has 2 aliphatic heterocycles. The van der Waals surface area contributed by atoms with Crippen LogP contribution in [-0.4, -0.2) is 102 Å². The van der Waals surface area contributed by atoms with Crippen LogP contribution in [0.2, 0.25) is 0 Å². The number of rotatable bonds is 10. The van der Waals surface area contributed by atoms with Gasteiger partial charge < -0.3 is 45.5 Å². The molecule has 4 amide bonds. The Hall–Kier alpha value is -5.96. The number of carbonyl (C=O) groups is 5. The van der Waals surface area contributed by atoms with Gasteiger partial charge in [-0.05, 0) is 93.7 Å². The molecule has 1 fully saturated rings. The number of benzene rings is 4. The summed E-state index contributed by atoms with van der Waals surface area (Å²) in [6.07, 6.45) is -0.297. The molecule has 2 atom stereocenters. The number of nitrogens with zero attached hydrogens (tertiary/aromatic N) is 3. The number of carbonyl (C=O) groups excluding carboxylic acids is 5. The van der Waals surface area contributed by atoms with E-state index in [0.29, 0.717) is 70.5 Å². The Morgan fingerprint density at radius 1 is 0.898 bits per heavy atom. The normalized spacial score (nSPS) is 16.1. The van der Waals surface area contributed by atoms with Gasteiger partial charge in [-0.3, -0.25) is 19.2 Å². The largest absolute Gasteiger partial charge is 0.460 e. The summed E-state index contributed by atoms with van der Waals surface area (Å²) in [7, 11) is 2.02. The Labute approximate surface area is 346 Å². The Morgan fingerprint density at radius 2 is 1.59 bits per heavy atom. The summed E-state index contributed by atoms with van der Waals surface area (Å²) in [6.45, 7) is 8.29.